The third-order valence-electron chi connectivity index (χ3n) is 4.24. The van der Waals surface area contributed by atoms with Crippen molar-refractivity contribution in [3.63, 3.8) is 0 Å². The Balaban J connectivity index is 3.98. The van der Waals surface area contributed by atoms with E-state index in [1.807, 2.05) is 4.90 Å². The molecule has 0 aliphatic carbocycles. The molecule has 0 atom stereocenters. The van der Waals surface area contributed by atoms with E-state index in [9.17, 15) is 9.59 Å². The maximum Gasteiger partial charge on any atom is 0.231 e. The number of hydrogen-bond donors (Lipinski definition) is 1. The smallest absolute Gasteiger partial charge is 0.231 e. The van der Waals surface area contributed by atoms with Gasteiger partial charge in [0.1, 0.15) is 6.42 Å². The number of unbranched alkanes of at least 4 members (excludes halogenated alkanes) is 10. The molecule has 0 aromatic carbocycles. The van der Waals surface area contributed by atoms with Crippen LogP contribution in [0.25, 0.3) is 0 Å². The molecule has 0 unspecified atom stereocenters. The molecule has 2 N–H and O–H groups in total. The van der Waals surface area contributed by atoms with Crippen LogP contribution in [0.1, 0.15) is 97.3 Å². The molecule has 0 spiro atoms. The van der Waals surface area contributed by atoms with Crippen LogP contribution in [0.5, 0.6) is 0 Å². The summed E-state index contributed by atoms with van der Waals surface area (Å²) in [7, 11) is 0. The molecule has 0 fully saturated rings. The average Bonchev–Trinajstić information content (AvgIpc) is 2.51. The Labute approximate surface area is 143 Å². The molecule has 2 amide bonds. The van der Waals surface area contributed by atoms with Gasteiger partial charge in [0.25, 0.3) is 0 Å². The molecule has 136 valence electrons. The lowest BCUT2D eigenvalue weighted by Crippen LogP contribution is -2.35. The predicted molar refractivity (Wildman–Crippen MR) is 97.1 cm³/mol. The zero-order valence-electron chi connectivity index (χ0n) is 15.4. The number of carbonyl (C=O) groups is 2. The van der Waals surface area contributed by atoms with Crippen LogP contribution < -0.4 is 5.73 Å². The van der Waals surface area contributed by atoms with Gasteiger partial charge in [0.2, 0.25) is 11.8 Å². The van der Waals surface area contributed by atoms with E-state index in [1.165, 1.54) is 51.4 Å². The number of amides is 2. The highest BCUT2D eigenvalue weighted by molar-refractivity contribution is 5.96. The van der Waals surface area contributed by atoms with Gasteiger partial charge in [-0.2, -0.15) is 0 Å². The molecule has 0 heterocycles. The second-order valence-electron chi connectivity index (χ2n) is 6.56. The summed E-state index contributed by atoms with van der Waals surface area (Å²) in [6, 6.07) is 0. The fourth-order valence-corrected chi connectivity index (χ4v) is 2.79. The quantitative estimate of drug-likeness (QED) is 0.337. The topological polar surface area (TPSA) is 63.4 Å². The van der Waals surface area contributed by atoms with Gasteiger partial charge in [-0.15, -0.1) is 0 Å². The largest absolute Gasteiger partial charge is 0.369 e. The number of nitrogens with two attached hydrogens (primary N) is 1. The number of hydrogen-bond acceptors (Lipinski definition) is 2. The van der Waals surface area contributed by atoms with Gasteiger partial charge in [-0.3, -0.25) is 9.59 Å². The summed E-state index contributed by atoms with van der Waals surface area (Å²) in [5.74, 6) is -0.620. The van der Waals surface area contributed by atoms with Gasteiger partial charge < -0.3 is 10.6 Å². The van der Waals surface area contributed by atoms with Crippen LogP contribution in [0.15, 0.2) is 0 Å². The Morgan fingerprint density at radius 3 is 1.48 bits per heavy atom. The number of rotatable bonds is 16. The standard InChI is InChI=1S/C19H38N2O2/c1-3-5-7-9-11-13-15-21(19(23)17-18(20)22)16-14-12-10-8-6-4-2/h3-17H2,1-2H3,(H2,20,22). The summed E-state index contributed by atoms with van der Waals surface area (Å²) in [6.07, 6.45) is 14.4. The van der Waals surface area contributed by atoms with Crippen molar-refractivity contribution in [3.05, 3.63) is 0 Å². The summed E-state index contributed by atoms with van der Waals surface area (Å²) in [6.45, 7) is 5.97. The van der Waals surface area contributed by atoms with Crippen LogP contribution >= 0.6 is 0 Å². The van der Waals surface area contributed by atoms with E-state index in [-0.39, 0.29) is 12.3 Å². The second kappa shape index (κ2) is 15.8. The van der Waals surface area contributed by atoms with E-state index < -0.39 is 5.91 Å². The first kappa shape index (κ1) is 21.9. The minimum atomic E-state index is -0.522. The van der Waals surface area contributed by atoms with E-state index in [1.54, 1.807) is 0 Å². The third kappa shape index (κ3) is 14.3. The summed E-state index contributed by atoms with van der Waals surface area (Å²) in [5, 5.41) is 0. The van der Waals surface area contributed by atoms with Crippen molar-refractivity contribution in [1.29, 1.82) is 0 Å². The van der Waals surface area contributed by atoms with Crippen LogP contribution in [0.4, 0.5) is 0 Å². The predicted octanol–water partition coefficient (Wildman–Crippen LogP) is 4.41. The minimum absolute atomic E-state index is 0.0976. The lowest BCUT2D eigenvalue weighted by Gasteiger charge is -2.22. The first-order valence-corrected chi connectivity index (χ1v) is 9.67. The van der Waals surface area contributed by atoms with Crippen LogP contribution in [-0.4, -0.2) is 29.8 Å². The van der Waals surface area contributed by atoms with Crippen molar-refractivity contribution in [2.24, 2.45) is 5.73 Å². The lowest BCUT2D eigenvalue weighted by molar-refractivity contribution is -0.135. The second-order valence-corrected chi connectivity index (χ2v) is 6.56. The third-order valence-corrected chi connectivity index (χ3v) is 4.24. The maximum atomic E-state index is 12.1. The van der Waals surface area contributed by atoms with Gasteiger partial charge in [-0.1, -0.05) is 78.1 Å². The molecular weight excluding hydrogens is 288 g/mol. The monoisotopic (exact) mass is 326 g/mol. The van der Waals surface area contributed by atoms with Gasteiger partial charge in [0.15, 0.2) is 0 Å². The zero-order valence-corrected chi connectivity index (χ0v) is 15.4. The molecule has 4 heteroatoms. The molecule has 0 aliphatic rings. The average molecular weight is 327 g/mol. The molecule has 0 bridgehead atoms. The van der Waals surface area contributed by atoms with Gasteiger partial charge in [0, 0.05) is 13.1 Å². The molecule has 4 nitrogen and oxygen atoms in total. The number of carbonyl (C=O) groups excluding carboxylic acids is 2. The minimum Gasteiger partial charge on any atom is -0.369 e. The highest BCUT2D eigenvalue weighted by Gasteiger charge is 2.15. The highest BCUT2D eigenvalue weighted by atomic mass is 16.2. The van der Waals surface area contributed by atoms with Crippen molar-refractivity contribution in [2.75, 3.05) is 13.1 Å². The summed E-state index contributed by atoms with van der Waals surface area (Å²) >= 11 is 0. The van der Waals surface area contributed by atoms with Crippen molar-refractivity contribution < 1.29 is 9.59 Å². The Morgan fingerprint density at radius 2 is 1.09 bits per heavy atom. The Morgan fingerprint density at radius 1 is 0.696 bits per heavy atom. The Kier molecular flexibility index (Phi) is 15.1. The van der Waals surface area contributed by atoms with E-state index in [2.05, 4.69) is 13.8 Å². The molecule has 0 radical (unpaired) electrons. The number of primary amides is 1. The maximum absolute atomic E-state index is 12.1. The van der Waals surface area contributed by atoms with Crippen molar-refractivity contribution >= 4 is 11.8 Å². The van der Waals surface area contributed by atoms with Crippen LogP contribution in [0.2, 0.25) is 0 Å². The zero-order chi connectivity index (χ0) is 17.3. The molecule has 23 heavy (non-hydrogen) atoms. The van der Waals surface area contributed by atoms with Gasteiger partial charge in [0.05, 0.1) is 0 Å². The van der Waals surface area contributed by atoms with Crippen molar-refractivity contribution in [1.82, 2.24) is 4.90 Å². The molecule has 0 saturated heterocycles. The SMILES string of the molecule is CCCCCCCCN(CCCCCCCC)C(=O)CC(N)=O. The normalized spacial score (nSPS) is 10.7. The Hall–Kier alpha value is -1.06. The summed E-state index contributed by atoms with van der Waals surface area (Å²) in [4.78, 5) is 24.9. The number of nitrogens with zero attached hydrogens (tertiary/aromatic N) is 1. The van der Waals surface area contributed by atoms with Crippen LogP contribution in [0.3, 0.4) is 0 Å². The first-order valence-electron chi connectivity index (χ1n) is 9.67. The van der Waals surface area contributed by atoms with Crippen LogP contribution in [-0.2, 0) is 9.59 Å². The fourth-order valence-electron chi connectivity index (χ4n) is 2.79. The summed E-state index contributed by atoms with van der Waals surface area (Å²) in [5.41, 5.74) is 5.16. The van der Waals surface area contributed by atoms with E-state index >= 15 is 0 Å². The van der Waals surface area contributed by atoms with Crippen molar-refractivity contribution in [3.8, 4) is 0 Å². The lowest BCUT2D eigenvalue weighted by atomic mass is 10.1. The van der Waals surface area contributed by atoms with E-state index in [0.29, 0.717) is 0 Å². The van der Waals surface area contributed by atoms with Gasteiger partial charge >= 0.3 is 0 Å². The highest BCUT2D eigenvalue weighted by Crippen LogP contribution is 2.09. The molecule has 0 aromatic rings. The molecular formula is C19H38N2O2. The first-order chi connectivity index (χ1) is 11.1. The molecule has 0 aliphatic heterocycles. The van der Waals surface area contributed by atoms with Gasteiger partial charge in [-0.05, 0) is 12.8 Å². The van der Waals surface area contributed by atoms with E-state index in [0.717, 1.165) is 38.8 Å². The fraction of sp³-hybridized carbons (Fsp3) is 0.895. The van der Waals surface area contributed by atoms with Crippen LogP contribution in [0, 0.1) is 0 Å². The Bertz CT molecular complexity index is 290. The molecule has 0 saturated carbocycles. The molecule has 0 aromatic heterocycles. The summed E-state index contributed by atoms with van der Waals surface area (Å²) < 4.78 is 0. The van der Waals surface area contributed by atoms with E-state index in [4.69, 9.17) is 5.73 Å². The molecule has 0 rings (SSSR count). The van der Waals surface area contributed by atoms with Crippen molar-refractivity contribution in [2.45, 2.75) is 97.3 Å². The van der Waals surface area contributed by atoms with Gasteiger partial charge in [-0.25, -0.2) is 0 Å².